The Labute approximate surface area is 93.3 Å². The average Bonchev–Trinajstić information content (AvgIpc) is 2.26. The highest BCUT2D eigenvalue weighted by atomic mass is 19.3. The van der Waals surface area contributed by atoms with E-state index in [1.807, 2.05) is 0 Å². The number of pyridine rings is 1. The number of ether oxygens (including phenoxy) is 1. The number of anilines is 1. The van der Waals surface area contributed by atoms with E-state index in [-0.39, 0.29) is 0 Å². The number of methoxy groups -OCH3 is 1. The third-order valence-corrected chi connectivity index (χ3v) is 1.85. The molecule has 0 atom stereocenters. The average molecular weight is 247 g/mol. The van der Waals surface area contributed by atoms with Crippen molar-refractivity contribution in [1.29, 1.82) is 0 Å². The van der Waals surface area contributed by atoms with Gasteiger partial charge in [0.15, 0.2) is 5.69 Å². The summed E-state index contributed by atoms with van der Waals surface area (Å²) >= 11 is 0. The van der Waals surface area contributed by atoms with E-state index in [0.717, 1.165) is 7.11 Å². The first-order chi connectivity index (χ1) is 7.88. The Morgan fingerprint density at radius 1 is 1.65 bits per heavy atom. The highest BCUT2D eigenvalue weighted by Gasteiger charge is 2.31. The van der Waals surface area contributed by atoms with Gasteiger partial charge in [0, 0.05) is 0 Å². The van der Waals surface area contributed by atoms with Crippen LogP contribution in [0.15, 0.2) is 6.07 Å². The summed E-state index contributed by atoms with van der Waals surface area (Å²) in [5.74, 6) is -1.63. The zero-order chi connectivity index (χ0) is 13.2. The van der Waals surface area contributed by atoms with Crippen LogP contribution in [0, 0.1) is 10.1 Å². The first kappa shape index (κ1) is 12.7. The van der Waals surface area contributed by atoms with Crippen molar-refractivity contribution in [1.82, 2.24) is 4.98 Å². The fourth-order valence-electron chi connectivity index (χ4n) is 1.18. The molecule has 1 heterocycles. The van der Waals surface area contributed by atoms with Crippen LogP contribution in [0.2, 0.25) is 0 Å². The molecule has 0 aliphatic carbocycles. The van der Waals surface area contributed by atoms with Crippen molar-refractivity contribution in [3.63, 3.8) is 0 Å². The lowest BCUT2D eigenvalue weighted by Crippen LogP contribution is -2.13. The fourth-order valence-corrected chi connectivity index (χ4v) is 1.18. The van der Waals surface area contributed by atoms with Crippen LogP contribution in [0.5, 0.6) is 0 Å². The fraction of sp³-hybridized carbons (Fsp3) is 0.250. The maximum atomic E-state index is 12.7. The molecule has 1 aromatic rings. The lowest BCUT2D eigenvalue weighted by Gasteiger charge is -2.07. The number of hydrogen-bond donors (Lipinski definition) is 1. The van der Waals surface area contributed by atoms with Crippen molar-refractivity contribution in [3.05, 3.63) is 27.4 Å². The van der Waals surface area contributed by atoms with Crippen LogP contribution >= 0.6 is 0 Å². The number of hydrogen-bond acceptors (Lipinski definition) is 6. The minimum atomic E-state index is -3.24. The van der Waals surface area contributed by atoms with Crippen molar-refractivity contribution in [2.24, 2.45) is 0 Å². The van der Waals surface area contributed by atoms with E-state index < -0.39 is 40.1 Å². The van der Waals surface area contributed by atoms with Crippen LogP contribution in [-0.2, 0) is 4.74 Å². The SMILES string of the molecule is COC(=O)c1nc(N)cc([N+](=O)[O-])c1C(F)F. The van der Waals surface area contributed by atoms with E-state index in [4.69, 9.17) is 5.73 Å². The lowest BCUT2D eigenvalue weighted by molar-refractivity contribution is -0.386. The molecule has 17 heavy (non-hydrogen) atoms. The summed E-state index contributed by atoms with van der Waals surface area (Å²) in [7, 11) is 0.939. The smallest absolute Gasteiger partial charge is 0.357 e. The Hall–Kier alpha value is -2.32. The molecule has 2 N–H and O–H groups in total. The Morgan fingerprint density at radius 2 is 2.24 bits per heavy atom. The number of nitrogens with two attached hydrogens (primary N) is 1. The highest BCUT2D eigenvalue weighted by molar-refractivity contribution is 5.90. The number of carbonyl (C=O) groups excluding carboxylic acids is 1. The number of halogens is 2. The summed E-state index contributed by atoms with van der Waals surface area (Å²) in [5, 5.41) is 10.6. The van der Waals surface area contributed by atoms with Gasteiger partial charge in [-0.25, -0.2) is 18.6 Å². The molecular weight excluding hydrogens is 240 g/mol. The molecule has 0 aromatic carbocycles. The van der Waals surface area contributed by atoms with Gasteiger partial charge in [0.05, 0.1) is 18.1 Å². The van der Waals surface area contributed by atoms with Gasteiger partial charge < -0.3 is 10.5 Å². The Bertz CT molecular complexity index is 478. The van der Waals surface area contributed by atoms with E-state index in [1.54, 1.807) is 0 Å². The van der Waals surface area contributed by atoms with Gasteiger partial charge in [0.25, 0.3) is 12.1 Å². The zero-order valence-corrected chi connectivity index (χ0v) is 8.52. The largest absolute Gasteiger partial charge is 0.464 e. The molecule has 1 aromatic heterocycles. The molecule has 0 unspecified atom stereocenters. The molecule has 0 bridgehead atoms. The minimum absolute atomic E-state index is 0.415. The van der Waals surface area contributed by atoms with Gasteiger partial charge in [-0.15, -0.1) is 0 Å². The number of nitrogens with zero attached hydrogens (tertiary/aromatic N) is 2. The van der Waals surface area contributed by atoms with Crippen molar-refractivity contribution < 1.29 is 23.2 Å². The van der Waals surface area contributed by atoms with Gasteiger partial charge in [0.1, 0.15) is 11.4 Å². The van der Waals surface area contributed by atoms with Crippen LogP contribution in [-0.4, -0.2) is 23.0 Å². The molecule has 1 rings (SSSR count). The summed E-state index contributed by atoms with van der Waals surface area (Å²) in [4.78, 5) is 24.0. The molecule has 9 heteroatoms. The lowest BCUT2D eigenvalue weighted by atomic mass is 10.1. The summed E-state index contributed by atoms with van der Waals surface area (Å²) in [6, 6.07) is 0.661. The Kier molecular flexibility index (Phi) is 3.51. The van der Waals surface area contributed by atoms with E-state index in [2.05, 4.69) is 9.72 Å². The quantitative estimate of drug-likeness (QED) is 0.489. The standard InChI is InChI=1S/C8H7F2N3O4/c1-17-8(14)6-5(7(9)10)3(13(15)16)2-4(11)12-6/h2,7H,1H3,(H2,11,12). The van der Waals surface area contributed by atoms with Crippen molar-refractivity contribution in [2.45, 2.75) is 6.43 Å². The van der Waals surface area contributed by atoms with E-state index in [1.165, 1.54) is 0 Å². The van der Waals surface area contributed by atoms with E-state index in [0.29, 0.717) is 6.07 Å². The summed E-state index contributed by atoms with van der Waals surface area (Å²) in [6.07, 6.45) is -3.24. The van der Waals surface area contributed by atoms with Crippen molar-refractivity contribution >= 4 is 17.5 Å². The summed E-state index contributed by atoms with van der Waals surface area (Å²) in [5.41, 5.74) is 2.27. The Balaban J connectivity index is 3.57. The van der Waals surface area contributed by atoms with Crippen molar-refractivity contribution in [2.75, 3.05) is 12.8 Å². The molecular formula is C8H7F2N3O4. The number of carbonyl (C=O) groups is 1. The van der Waals surface area contributed by atoms with Gasteiger partial charge >= 0.3 is 5.97 Å². The molecule has 0 aliphatic heterocycles. The summed E-state index contributed by atoms with van der Waals surface area (Å²) in [6.45, 7) is 0. The minimum Gasteiger partial charge on any atom is -0.464 e. The highest BCUT2D eigenvalue weighted by Crippen LogP contribution is 2.32. The summed E-state index contributed by atoms with van der Waals surface area (Å²) < 4.78 is 29.6. The maximum absolute atomic E-state index is 12.7. The molecule has 7 nitrogen and oxygen atoms in total. The number of rotatable bonds is 3. The topological polar surface area (TPSA) is 108 Å². The van der Waals surface area contributed by atoms with Crippen LogP contribution in [0.4, 0.5) is 20.3 Å². The number of nitro groups is 1. The molecule has 0 saturated heterocycles. The first-order valence-corrected chi connectivity index (χ1v) is 4.19. The molecule has 0 amide bonds. The molecule has 92 valence electrons. The van der Waals surface area contributed by atoms with Crippen LogP contribution in [0.1, 0.15) is 22.5 Å². The van der Waals surface area contributed by atoms with Crippen LogP contribution < -0.4 is 5.73 Å². The second-order valence-electron chi connectivity index (χ2n) is 2.88. The normalized spacial score (nSPS) is 10.4. The number of aromatic nitrogens is 1. The van der Waals surface area contributed by atoms with Crippen molar-refractivity contribution in [3.8, 4) is 0 Å². The Morgan fingerprint density at radius 3 is 2.65 bits per heavy atom. The molecule has 0 radical (unpaired) electrons. The maximum Gasteiger partial charge on any atom is 0.357 e. The van der Waals surface area contributed by atoms with Gasteiger partial charge in [0.2, 0.25) is 0 Å². The van der Waals surface area contributed by atoms with E-state index >= 15 is 0 Å². The van der Waals surface area contributed by atoms with Gasteiger partial charge in [-0.2, -0.15) is 0 Å². The predicted octanol–water partition coefficient (Wildman–Crippen LogP) is 1.30. The number of esters is 1. The first-order valence-electron chi connectivity index (χ1n) is 4.19. The zero-order valence-electron chi connectivity index (χ0n) is 8.52. The van der Waals surface area contributed by atoms with Gasteiger partial charge in [-0.05, 0) is 0 Å². The number of nitrogen functional groups attached to an aromatic ring is 1. The van der Waals surface area contributed by atoms with Gasteiger partial charge in [-0.1, -0.05) is 0 Å². The second-order valence-corrected chi connectivity index (χ2v) is 2.88. The van der Waals surface area contributed by atoms with Gasteiger partial charge in [-0.3, -0.25) is 10.1 Å². The second kappa shape index (κ2) is 4.68. The van der Waals surface area contributed by atoms with Crippen LogP contribution in [0.25, 0.3) is 0 Å². The molecule has 0 aliphatic rings. The third-order valence-electron chi connectivity index (χ3n) is 1.85. The predicted molar refractivity (Wildman–Crippen MR) is 51.6 cm³/mol. The molecule has 0 fully saturated rings. The van der Waals surface area contributed by atoms with Crippen LogP contribution in [0.3, 0.4) is 0 Å². The molecule has 0 spiro atoms. The molecule has 0 saturated carbocycles. The number of alkyl halides is 2. The third kappa shape index (κ3) is 2.44. The van der Waals surface area contributed by atoms with E-state index in [9.17, 15) is 23.7 Å². The monoisotopic (exact) mass is 247 g/mol.